The number of piperidine rings is 1. The molecule has 0 aromatic heterocycles. The molecule has 1 N–H and O–H groups in total. The van der Waals surface area contributed by atoms with Crippen molar-refractivity contribution in [3.63, 3.8) is 0 Å². The maximum Gasteiger partial charge on any atom is 0.411 e. The topological polar surface area (TPSA) is 36.9 Å². The summed E-state index contributed by atoms with van der Waals surface area (Å²) >= 11 is 0. The summed E-state index contributed by atoms with van der Waals surface area (Å²) in [5.74, 6) is 1.58. The molecule has 0 spiro atoms. The number of hydrogen-bond donors (Lipinski definition) is 1. The highest BCUT2D eigenvalue weighted by Crippen LogP contribution is 2.16. The van der Waals surface area contributed by atoms with Gasteiger partial charge in [0.15, 0.2) is 5.96 Å². The van der Waals surface area contributed by atoms with Crippen LogP contribution >= 0.6 is 24.0 Å². The molecule has 21 heavy (non-hydrogen) atoms. The Hall–Kier alpha value is -0.250. The number of guanidine groups is 1. The van der Waals surface area contributed by atoms with Crippen LogP contribution in [-0.2, 0) is 4.74 Å². The second-order valence-electron chi connectivity index (χ2n) is 5.16. The van der Waals surface area contributed by atoms with Crippen LogP contribution in [0.25, 0.3) is 0 Å². The fourth-order valence-electron chi connectivity index (χ4n) is 2.11. The molecule has 8 heteroatoms. The largest absolute Gasteiger partial charge is 0.411 e. The van der Waals surface area contributed by atoms with E-state index in [2.05, 4.69) is 26.9 Å². The Morgan fingerprint density at radius 1 is 1.33 bits per heavy atom. The quantitative estimate of drug-likeness (QED) is 0.320. The Kier molecular flexibility index (Phi) is 10.3. The van der Waals surface area contributed by atoms with E-state index in [1.54, 1.807) is 7.05 Å². The average Bonchev–Trinajstić information content (AvgIpc) is 2.38. The van der Waals surface area contributed by atoms with Crippen molar-refractivity contribution in [3.05, 3.63) is 0 Å². The van der Waals surface area contributed by atoms with Crippen LogP contribution < -0.4 is 5.32 Å². The number of nitrogens with zero attached hydrogens (tertiary/aromatic N) is 2. The van der Waals surface area contributed by atoms with Crippen LogP contribution in [0.3, 0.4) is 0 Å². The number of ether oxygens (including phenoxy) is 1. The van der Waals surface area contributed by atoms with E-state index >= 15 is 0 Å². The minimum Gasteiger partial charge on any atom is -0.372 e. The molecule has 1 aliphatic rings. The highest BCUT2D eigenvalue weighted by molar-refractivity contribution is 14.0. The summed E-state index contributed by atoms with van der Waals surface area (Å²) in [5, 5.41) is 3.17. The predicted molar refractivity (Wildman–Crippen MR) is 88.2 cm³/mol. The zero-order valence-corrected chi connectivity index (χ0v) is 14.9. The maximum absolute atomic E-state index is 11.9. The van der Waals surface area contributed by atoms with Crippen LogP contribution in [0.2, 0.25) is 0 Å². The normalized spacial score (nSPS) is 17.6. The van der Waals surface area contributed by atoms with Crippen LogP contribution in [0.4, 0.5) is 13.2 Å². The van der Waals surface area contributed by atoms with Gasteiger partial charge in [0.25, 0.3) is 0 Å². The van der Waals surface area contributed by atoms with Crippen molar-refractivity contribution in [2.75, 3.05) is 39.9 Å². The maximum atomic E-state index is 11.9. The van der Waals surface area contributed by atoms with Crippen molar-refractivity contribution in [2.45, 2.75) is 32.4 Å². The fraction of sp³-hybridized carbons (Fsp3) is 0.923. The number of halogens is 4. The van der Waals surface area contributed by atoms with Gasteiger partial charge in [-0.25, -0.2) is 0 Å². The number of aliphatic imine (C=N–C) groups is 1. The molecule has 1 saturated heterocycles. The van der Waals surface area contributed by atoms with Crippen molar-refractivity contribution < 1.29 is 17.9 Å². The van der Waals surface area contributed by atoms with E-state index in [0.717, 1.165) is 37.8 Å². The number of rotatable bonds is 5. The molecule has 1 rings (SSSR count). The standard InChI is InChI=1S/C13H24F3N3O.HI/c1-11-4-7-19(8-5-11)12(17-2)18-6-3-9-20-10-13(14,15)16;/h11H,3-10H2,1-2H3,(H,17,18);1H. The number of alkyl halides is 3. The molecule has 0 saturated carbocycles. The summed E-state index contributed by atoms with van der Waals surface area (Å²) in [6.07, 6.45) is -1.42. The Balaban J connectivity index is 0.00000400. The molecule has 0 atom stereocenters. The molecule has 126 valence electrons. The first-order chi connectivity index (χ1) is 9.42. The molecule has 0 aromatic rings. The van der Waals surface area contributed by atoms with E-state index in [-0.39, 0.29) is 30.6 Å². The molecule has 0 radical (unpaired) electrons. The van der Waals surface area contributed by atoms with Gasteiger partial charge in [0, 0.05) is 33.3 Å². The Morgan fingerprint density at radius 2 is 1.95 bits per heavy atom. The molecule has 1 fully saturated rings. The predicted octanol–water partition coefficient (Wildman–Crippen LogP) is 2.88. The van der Waals surface area contributed by atoms with E-state index in [0.29, 0.717) is 13.0 Å². The molecule has 0 amide bonds. The minimum atomic E-state index is -4.24. The fourth-order valence-corrected chi connectivity index (χ4v) is 2.11. The lowest BCUT2D eigenvalue weighted by Gasteiger charge is -2.32. The van der Waals surface area contributed by atoms with Crippen LogP contribution in [0.15, 0.2) is 4.99 Å². The Bertz CT molecular complexity index is 306. The zero-order chi connectivity index (χ0) is 15.0. The van der Waals surface area contributed by atoms with Gasteiger partial charge in [-0.15, -0.1) is 24.0 Å². The smallest absolute Gasteiger partial charge is 0.372 e. The Morgan fingerprint density at radius 3 is 2.48 bits per heavy atom. The van der Waals surface area contributed by atoms with E-state index in [9.17, 15) is 13.2 Å². The van der Waals surface area contributed by atoms with Crippen molar-refractivity contribution in [1.29, 1.82) is 0 Å². The van der Waals surface area contributed by atoms with Gasteiger partial charge in [0.1, 0.15) is 6.61 Å². The SMILES string of the molecule is CN=C(NCCCOCC(F)(F)F)N1CCC(C)CC1.I. The molecule has 0 bridgehead atoms. The molecular weight excluding hydrogens is 398 g/mol. The highest BCUT2D eigenvalue weighted by atomic mass is 127. The summed E-state index contributed by atoms with van der Waals surface area (Å²) in [6.45, 7) is 3.69. The van der Waals surface area contributed by atoms with Crippen LogP contribution in [0, 0.1) is 5.92 Å². The van der Waals surface area contributed by atoms with Gasteiger partial charge >= 0.3 is 6.18 Å². The van der Waals surface area contributed by atoms with Crippen molar-refractivity contribution in [1.82, 2.24) is 10.2 Å². The molecule has 1 heterocycles. The number of likely N-dealkylation sites (tertiary alicyclic amines) is 1. The second-order valence-corrected chi connectivity index (χ2v) is 5.16. The lowest BCUT2D eigenvalue weighted by molar-refractivity contribution is -0.173. The molecule has 1 aliphatic heterocycles. The lowest BCUT2D eigenvalue weighted by Crippen LogP contribution is -2.45. The molecule has 0 aliphatic carbocycles. The highest BCUT2D eigenvalue weighted by Gasteiger charge is 2.27. The third kappa shape index (κ3) is 9.38. The lowest BCUT2D eigenvalue weighted by atomic mass is 10.00. The zero-order valence-electron chi connectivity index (χ0n) is 12.6. The summed E-state index contributed by atoms with van der Waals surface area (Å²) in [4.78, 5) is 6.40. The van der Waals surface area contributed by atoms with Crippen molar-refractivity contribution in [3.8, 4) is 0 Å². The van der Waals surface area contributed by atoms with Gasteiger partial charge in [-0.1, -0.05) is 6.92 Å². The van der Waals surface area contributed by atoms with Crippen molar-refractivity contribution in [2.24, 2.45) is 10.9 Å². The van der Waals surface area contributed by atoms with Crippen molar-refractivity contribution >= 4 is 29.9 Å². The summed E-state index contributed by atoms with van der Waals surface area (Å²) < 4.78 is 40.1. The van der Waals surface area contributed by atoms with Gasteiger partial charge < -0.3 is 15.0 Å². The first kappa shape index (κ1) is 20.8. The van der Waals surface area contributed by atoms with E-state index in [1.807, 2.05) is 0 Å². The van der Waals surface area contributed by atoms with Gasteiger partial charge in [-0.2, -0.15) is 13.2 Å². The van der Waals surface area contributed by atoms with E-state index < -0.39 is 12.8 Å². The van der Waals surface area contributed by atoms with Gasteiger partial charge in [0.05, 0.1) is 0 Å². The monoisotopic (exact) mass is 423 g/mol. The summed E-state index contributed by atoms with van der Waals surface area (Å²) in [5.41, 5.74) is 0. The second kappa shape index (κ2) is 10.5. The first-order valence-corrected chi connectivity index (χ1v) is 7.02. The average molecular weight is 423 g/mol. The number of nitrogens with one attached hydrogen (secondary N) is 1. The molecule has 4 nitrogen and oxygen atoms in total. The first-order valence-electron chi connectivity index (χ1n) is 7.02. The number of hydrogen-bond acceptors (Lipinski definition) is 2. The summed E-state index contributed by atoms with van der Waals surface area (Å²) in [7, 11) is 1.72. The van der Waals surface area contributed by atoms with Gasteiger partial charge in [0.2, 0.25) is 0 Å². The van der Waals surface area contributed by atoms with E-state index in [4.69, 9.17) is 0 Å². The summed E-state index contributed by atoms with van der Waals surface area (Å²) in [6, 6.07) is 0. The Labute approximate surface area is 141 Å². The third-order valence-electron chi connectivity index (χ3n) is 3.31. The van der Waals surface area contributed by atoms with Gasteiger partial charge in [-0.05, 0) is 25.2 Å². The van der Waals surface area contributed by atoms with Crippen LogP contribution in [0.1, 0.15) is 26.2 Å². The third-order valence-corrected chi connectivity index (χ3v) is 3.31. The molecule has 0 aromatic carbocycles. The van der Waals surface area contributed by atoms with Crippen LogP contribution in [0.5, 0.6) is 0 Å². The molecular formula is C13H25F3IN3O. The van der Waals surface area contributed by atoms with Crippen LogP contribution in [-0.4, -0.2) is 56.9 Å². The molecule has 0 unspecified atom stereocenters. The van der Waals surface area contributed by atoms with Gasteiger partial charge in [-0.3, -0.25) is 4.99 Å². The van der Waals surface area contributed by atoms with E-state index in [1.165, 1.54) is 0 Å². The minimum absolute atomic E-state index is 0.